The number of esters is 1. The van der Waals surface area contributed by atoms with E-state index in [1.165, 1.54) is 6.92 Å². The number of rotatable bonds is 7. The number of anilines is 1. The van der Waals surface area contributed by atoms with Gasteiger partial charge in [-0.15, -0.1) is 11.8 Å². The van der Waals surface area contributed by atoms with E-state index < -0.39 is 24.1 Å². The number of thioether (sulfide) groups is 1. The molecule has 25 heavy (non-hydrogen) atoms. The normalized spacial score (nSPS) is 11.2. The van der Waals surface area contributed by atoms with Crippen molar-refractivity contribution in [3.8, 4) is 0 Å². The van der Waals surface area contributed by atoms with Crippen LogP contribution >= 0.6 is 23.4 Å². The molecule has 0 spiro atoms. The van der Waals surface area contributed by atoms with Crippen LogP contribution < -0.4 is 10.6 Å². The molecule has 136 valence electrons. The predicted molar refractivity (Wildman–Crippen MR) is 93.5 cm³/mol. The minimum Gasteiger partial charge on any atom is -0.453 e. The Hall–Kier alpha value is -2.26. The zero-order valence-electron chi connectivity index (χ0n) is 13.5. The lowest BCUT2D eigenvalue weighted by Crippen LogP contribution is -2.39. The molecule has 0 radical (unpaired) electrons. The van der Waals surface area contributed by atoms with E-state index in [2.05, 4.69) is 10.1 Å². The van der Waals surface area contributed by atoms with Gasteiger partial charge in [-0.25, -0.2) is 4.79 Å². The molecule has 0 saturated carbocycles. The number of methoxy groups -OCH3 is 1. The van der Waals surface area contributed by atoms with Gasteiger partial charge in [-0.2, -0.15) is 0 Å². The fourth-order valence-electron chi connectivity index (χ4n) is 1.50. The number of alkyl carbamates (subject to hydrolysis) is 1. The van der Waals surface area contributed by atoms with Gasteiger partial charge in [0, 0.05) is 10.7 Å². The second-order valence-corrected chi connectivity index (χ2v) is 6.08. The highest BCUT2D eigenvalue weighted by Crippen LogP contribution is 2.14. The van der Waals surface area contributed by atoms with E-state index >= 15 is 0 Å². The maximum Gasteiger partial charge on any atom is 0.413 e. The highest BCUT2D eigenvalue weighted by Gasteiger charge is 2.20. The van der Waals surface area contributed by atoms with Crippen LogP contribution in [0.2, 0.25) is 5.02 Å². The third kappa shape index (κ3) is 8.41. The standard InChI is InChI=1S/C15H17ClN2O6S/c1-9(14(21)18-15(22)23-2)24-13(20)8-25-7-12(19)17-11-5-3-10(16)4-6-11/h3-6,9H,7-8H2,1-2H3,(H,17,19)(H,18,21,22)/t9-/m1/s1. The van der Waals surface area contributed by atoms with Crippen molar-refractivity contribution in [2.45, 2.75) is 13.0 Å². The Balaban J connectivity index is 2.27. The van der Waals surface area contributed by atoms with Gasteiger partial charge in [-0.05, 0) is 31.2 Å². The minimum atomic E-state index is -1.16. The zero-order chi connectivity index (χ0) is 18.8. The van der Waals surface area contributed by atoms with E-state index in [0.717, 1.165) is 18.9 Å². The molecule has 8 nitrogen and oxygen atoms in total. The molecular weight excluding hydrogens is 372 g/mol. The minimum absolute atomic E-state index is 0.0282. The van der Waals surface area contributed by atoms with Crippen molar-refractivity contribution in [2.24, 2.45) is 0 Å². The van der Waals surface area contributed by atoms with Gasteiger partial charge in [0.1, 0.15) is 0 Å². The van der Waals surface area contributed by atoms with Crippen molar-refractivity contribution >= 4 is 52.9 Å². The number of benzene rings is 1. The molecule has 0 bridgehead atoms. The lowest BCUT2D eigenvalue weighted by molar-refractivity contribution is -0.152. The van der Waals surface area contributed by atoms with Gasteiger partial charge < -0.3 is 14.8 Å². The molecule has 1 aromatic carbocycles. The Morgan fingerprint density at radius 2 is 1.80 bits per heavy atom. The number of carbonyl (C=O) groups is 4. The molecule has 0 aromatic heterocycles. The van der Waals surface area contributed by atoms with Crippen LogP contribution in [0.15, 0.2) is 24.3 Å². The van der Waals surface area contributed by atoms with Gasteiger partial charge in [0.2, 0.25) is 5.91 Å². The van der Waals surface area contributed by atoms with Gasteiger partial charge in [0.15, 0.2) is 6.10 Å². The highest BCUT2D eigenvalue weighted by atomic mass is 35.5. The van der Waals surface area contributed by atoms with Crippen molar-refractivity contribution in [1.29, 1.82) is 0 Å². The van der Waals surface area contributed by atoms with E-state index in [9.17, 15) is 19.2 Å². The van der Waals surface area contributed by atoms with E-state index in [0.29, 0.717) is 10.7 Å². The quantitative estimate of drug-likeness (QED) is 0.685. The Kier molecular flexibility index (Phi) is 8.79. The van der Waals surface area contributed by atoms with Gasteiger partial charge in [0.05, 0.1) is 18.6 Å². The number of carbonyl (C=O) groups excluding carboxylic acids is 4. The maximum absolute atomic E-state index is 11.7. The van der Waals surface area contributed by atoms with Gasteiger partial charge in [-0.3, -0.25) is 19.7 Å². The summed E-state index contributed by atoms with van der Waals surface area (Å²) in [6.45, 7) is 1.31. The summed E-state index contributed by atoms with van der Waals surface area (Å²) < 4.78 is 9.10. The smallest absolute Gasteiger partial charge is 0.413 e. The number of hydrogen-bond donors (Lipinski definition) is 2. The molecule has 0 aliphatic heterocycles. The van der Waals surface area contributed by atoms with E-state index in [4.69, 9.17) is 16.3 Å². The SMILES string of the molecule is COC(=O)NC(=O)[C@@H](C)OC(=O)CSCC(=O)Nc1ccc(Cl)cc1. The summed E-state index contributed by atoms with van der Waals surface area (Å²) in [6.07, 6.45) is -2.10. The Labute approximate surface area is 153 Å². The van der Waals surface area contributed by atoms with E-state index in [1.807, 2.05) is 5.32 Å². The van der Waals surface area contributed by atoms with Crippen LogP contribution in [0, 0.1) is 0 Å². The third-order valence-corrected chi connectivity index (χ3v) is 3.83. The summed E-state index contributed by atoms with van der Waals surface area (Å²) in [7, 11) is 1.10. The second kappa shape index (κ2) is 10.6. The number of nitrogens with one attached hydrogen (secondary N) is 2. The molecule has 0 unspecified atom stereocenters. The van der Waals surface area contributed by atoms with E-state index in [1.54, 1.807) is 24.3 Å². The molecule has 0 fully saturated rings. The molecule has 0 aliphatic carbocycles. The highest BCUT2D eigenvalue weighted by molar-refractivity contribution is 8.00. The molecule has 0 saturated heterocycles. The fraction of sp³-hybridized carbons (Fsp3) is 0.333. The lowest BCUT2D eigenvalue weighted by atomic mass is 10.3. The monoisotopic (exact) mass is 388 g/mol. The van der Waals surface area contributed by atoms with E-state index in [-0.39, 0.29) is 17.4 Å². The van der Waals surface area contributed by atoms with Gasteiger partial charge in [0.25, 0.3) is 5.91 Å². The molecule has 1 rings (SSSR count). The molecule has 10 heteroatoms. The maximum atomic E-state index is 11.7. The van der Waals surface area contributed by atoms with Gasteiger partial charge >= 0.3 is 12.1 Å². The zero-order valence-corrected chi connectivity index (χ0v) is 15.1. The summed E-state index contributed by atoms with van der Waals surface area (Å²) in [4.78, 5) is 45.7. The van der Waals surface area contributed by atoms with Crippen molar-refractivity contribution in [3.05, 3.63) is 29.3 Å². The average Bonchev–Trinajstić information content (AvgIpc) is 2.56. The summed E-state index contributed by atoms with van der Waals surface area (Å²) in [5.74, 6) is -1.87. The summed E-state index contributed by atoms with van der Waals surface area (Å²) in [5, 5.41) is 5.08. The second-order valence-electron chi connectivity index (χ2n) is 4.66. The molecule has 1 atom stereocenters. The summed E-state index contributed by atoms with van der Waals surface area (Å²) in [5.41, 5.74) is 0.589. The van der Waals surface area contributed by atoms with Crippen molar-refractivity contribution in [3.63, 3.8) is 0 Å². The van der Waals surface area contributed by atoms with Crippen molar-refractivity contribution in [1.82, 2.24) is 5.32 Å². The Morgan fingerprint density at radius 3 is 2.40 bits per heavy atom. The molecule has 0 aliphatic rings. The van der Waals surface area contributed by atoms with Crippen LogP contribution in [-0.4, -0.2) is 48.6 Å². The van der Waals surface area contributed by atoms with Crippen LogP contribution in [0.3, 0.4) is 0 Å². The van der Waals surface area contributed by atoms with Crippen LogP contribution in [0.4, 0.5) is 10.5 Å². The topological polar surface area (TPSA) is 111 Å². The predicted octanol–water partition coefficient (Wildman–Crippen LogP) is 1.83. The third-order valence-electron chi connectivity index (χ3n) is 2.67. The molecular formula is C15H17ClN2O6S. The summed E-state index contributed by atoms with van der Waals surface area (Å²) >= 11 is 6.77. The lowest BCUT2D eigenvalue weighted by Gasteiger charge is -2.12. The number of amides is 3. The number of ether oxygens (including phenoxy) is 2. The number of halogens is 1. The first-order valence-corrected chi connectivity index (χ1v) is 8.56. The first kappa shape index (κ1) is 20.8. The molecule has 1 aromatic rings. The Morgan fingerprint density at radius 1 is 1.16 bits per heavy atom. The Bertz CT molecular complexity index is 637. The van der Waals surface area contributed by atoms with Gasteiger partial charge in [-0.1, -0.05) is 11.6 Å². The fourth-order valence-corrected chi connectivity index (χ4v) is 2.22. The molecule has 0 heterocycles. The van der Waals surface area contributed by atoms with Crippen LogP contribution in [0.1, 0.15) is 6.92 Å². The first-order valence-electron chi connectivity index (χ1n) is 7.03. The molecule has 3 amide bonds. The number of hydrogen-bond acceptors (Lipinski definition) is 7. The molecule has 2 N–H and O–H groups in total. The van der Waals surface area contributed by atoms with Crippen LogP contribution in [-0.2, 0) is 23.9 Å². The van der Waals surface area contributed by atoms with Crippen LogP contribution in [0.25, 0.3) is 0 Å². The van der Waals surface area contributed by atoms with Crippen molar-refractivity contribution in [2.75, 3.05) is 23.9 Å². The average molecular weight is 389 g/mol. The number of imide groups is 1. The van der Waals surface area contributed by atoms with Crippen molar-refractivity contribution < 1.29 is 28.7 Å². The summed E-state index contributed by atoms with van der Waals surface area (Å²) in [6, 6.07) is 6.59. The largest absolute Gasteiger partial charge is 0.453 e. The van der Waals surface area contributed by atoms with Crippen LogP contribution in [0.5, 0.6) is 0 Å². The first-order chi connectivity index (χ1) is 11.8.